The van der Waals surface area contributed by atoms with Crippen LogP contribution < -0.4 is 10.5 Å². The molecule has 0 aliphatic carbocycles. The van der Waals surface area contributed by atoms with Crippen molar-refractivity contribution in [2.45, 2.75) is 18.9 Å². The Bertz CT molecular complexity index is 710. The molecule has 1 fully saturated rings. The van der Waals surface area contributed by atoms with Crippen LogP contribution >= 0.6 is 11.3 Å². The molecule has 0 spiro atoms. The fourth-order valence-corrected chi connectivity index (χ4v) is 3.30. The van der Waals surface area contributed by atoms with Crippen molar-refractivity contribution in [3.05, 3.63) is 28.0 Å². The predicted octanol–water partition coefficient (Wildman–Crippen LogP) is 1.22. The van der Waals surface area contributed by atoms with Gasteiger partial charge in [-0.05, 0) is 24.3 Å². The fourth-order valence-electron chi connectivity index (χ4n) is 2.48. The summed E-state index contributed by atoms with van der Waals surface area (Å²) in [7, 11) is 1.53. The molecule has 116 valence electrons. The number of methoxy groups -OCH3 is 1. The molecule has 2 N–H and O–H groups in total. The third-order valence-corrected chi connectivity index (χ3v) is 4.39. The molecule has 3 heterocycles. The van der Waals surface area contributed by atoms with E-state index in [1.165, 1.54) is 18.4 Å². The first-order valence-corrected chi connectivity index (χ1v) is 7.55. The molecule has 2 amide bonds. The predicted molar refractivity (Wildman–Crippen MR) is 76.7 cm³/mol. The topological polar surface area (TPSA) is 112 Å². The lowest BCUT2D eigenvalue weighted by atomic mass is 10.2. The number of rotatable bonds is 4. The quantitative estimate of drug-likeness (QED) is 0.905. The van der Waals surface area contributed by atoms with Gasteiger partial charge in [0.1, 0.15) is 16.7 Å². The number of aromatic nitrogens is 2. The van der Waals surface area contributed by atoms with Crippen molar-refractivity contribution in [2.24, 2.45) is 5.73 Å². The lowest BCUT2D eigenvalue weighted by Gasteiger charge is -2.21. The highest BCUT2D eigenvalue weighted by Gasteiger charge is 2.36. The number of carbonyl (C=O) groups excluding carboxylic acids is 2. The van der Waals surface area contributed by atoms with Crippen LogP contribution in [0.4, 0.5) is 0 Å². The zero-order valence-electron chi connectivity index (χ0n) is 11.8. The number of primary amides is 1. The SMILES string of the molecule is COc1ccsc1C(=O)N1CCCC1c1nc(C(N)=O)no1. The Morgan fingerprint density at radius 2 is 2.36 bits per heavy atom. The van der Waals surface area contributed by atoms with E-state index < -0.39 is 5.91 Å². The maximum absolute atomic E-state index is 12.7. The summed E-state index contributed by atoms with van der Waals surface area (Å²) in [5, 5.41) is 5.33. The van der Waals surface area contributed by atoms with Crippen LogP contribution in [0.25, 0.3) is 0 Å². The number of nitrogens with two attached hydrogens (primary N) is 1. The molecular weight excluding hydrogens is 308 g/mol. The summed E-state index contributed by atoms with van der Waals surface area (Å²) >= 11 is 1.32. The molecule has 1 saturated heterocycles. The summed E-state index contributed by atoms with van der Waals surface area (Å²) in [4.78, 5) is 29.9. The number of nitrogens with zero attached hydrogens (tertiary/aromatic N) is 3. The Hall–Kier alpha value is -2.42. The van der Waals surface area contributed by atoms with Gasteiger partial charge in [0.15, 0.2) is 0 Å². The van der Waals surface area contributed by atoms with Gasteiger partial charge in [0.05, 0.1) is 7.11 Å². The average molecular weight is 322 g/mol. The number of likely N-dealkylation sites (tertiary alicyclic amines) is 1. The molecule has 2 aromatic heterocycles. The van der Waals surface area contributed by atoms with E-state index in [1.807, 2.05) is 0 Å². The normalized spacial score (nSPS) is 17.7. The van der Waals surface area contributed by atoms with E-state index in [9.17, 15) is 9.59 Å². The summed E-state index contributed by atoms with van der Waals surface area (Å²) in [6.45, 7) is 0.582. The van der Waals surface area contributed by atoms with Gasteiger partial charge in [-0.25, -0.2) is 0 Å². The average Bonchev–Trinajstić information content (AvgIpc) is 3.23. The first kappa shape index (κ1) is 14.5. The molecule has 2 aromatic rings. The van der Waals surface area contributed by atoms with Crippen molar-refractivity contribution < 1.29 is 18.8 Å². The number of hydrogen-bond donors (Lipinski definition) is 1. The van der Waals surface area contributed by atoms with Crippen molar-refractivity contribution >= 4 is 23.2 Å². The smallest absolute Gasteiger partial charge is 0.290 e. The van der Waals surface area contributed by atoms with E-state index in [1.54, 1.807) is 16.3 Å². The van der Waals surface area contributed by atoms with Crippen molar-refractivity contribution in [3.63, 3.8) is 0 Å². The zero-order chi connectivity index (χ0) is 15.7. The van der Waals surface area contributed by atoms with Crippen molar-refractivity contribution in [1.29, 1.82) is 0 Å². The highest BCUT2D eigenvalue weighted by Crippen LogP contribution is 2.35. The Morgan fingerprint density at radius 3 is 3.05 bits per heavy atom. The van der Waals surface area contributed by atoms with Gasteiger partial charge in [0.25, 0.3) is 17.6 Å². The Balaban J connectivity index is 1.86. The molecular formula is C13H14N4O4S. The molecule has 22 heavy (non-hydrogen) atoms. The third-order valence-electron chi connectivity index (χ3n) is 3.50. The maximum atomic E-state index is 12.7. The molecule has 9 heteroatoms. The summed E-state index contributed by atoms with van der Waals surface area (Å²) in [6, 6.07) is 1.40. The van der Waals surface area contributed by atoms with E-state index in [-0.39, 0.29) is 23.7 Å². The number of amides is 2. The van der Waals surface area contributed by atoms with Crippen LogP contribution in [0, 0.1) is 0 Å². The highest BCUT2D eigenvalue weighted by molar-refractivity contribution is 7.12. The van der Waals surface area contributed by atoms with Crippen LogP contribution in [0.2, 0.25) is 0 Å². The van der Waals surface area contributed by atoms with E-state index in [4.69, 9.17) is 15.0 Å². The van der Waals surface area contributed by atoms with Gasteiger partial charge >= 0.3 is 0 Å². The Morgan fingerprint density at radius 1 is 1.55 bits per heavy atom. The Labute approximate surface area is 129 Å². The highest BCUT2D eigenvalue weighted by atomic mass is 32.1. The van der Waals surface area contributed by atoms with Crippen LogP contribution in [0.3, 0.4) is 0 Å². The molecule has 1 aliphatic heterocycles. The summed E-state index contributed by atoms with van der Waals surface area (Å²) in [5.74, 6) is -0.304. The first-order chi connectivity index (χ1) is 10.6. The monoisotopic (exact) mass is 322 g/mol. The van der Waals surface area contributed by atoms with E-state index in [0.717, 1.165) is 6.42 Å². The number of carbonyl (C=O) groups is 2. The van der Waals surface area contributed by atoms with E-state index in [2.05, 4.69) is 10.1 Å². The van der Waals surface area contributed by atoms with Crippen molar-refractivity contribution in [3.8, 4) is 5.75 Å². The third kappa shape index (κ3) is 2.43. The second kappa shape index (κ2) is 5.76. The molecule has 1 unspecified atom stereocenters. The van der Waals surface area contributed by atoms with Crippen LogP contribution in [-0.4, -0.2) is 40.5 Å². The minimum atomic E-state index is -0.759. The number of ether oxygens (including phenoxy) is 1. The summed E-state index contributed by atoms with van der Waals surface area (Å²) in [5.41, 5.74) is 5.12. The lowest BCUT2D eigenvalue weighted by Crippen LogP contribution is -2.30. The van der Waals surface area contributed by atoms with Gasteiger partial charge < -0.3 is 19.9 Å². The van der Waals surface area contributed by atoms with E-state index >= 15 is 0 Å². The summed E-state index contributed by atoms with van der Waals surface area (Å²) in [6.07, 6.45) is 1.51. The zero-order valence-corrected chi connectivity index (χ0v) is 12.6. The molecule has 1 atom stereocenters. The van der Waals surface area contributed by atoms with Gasteiger partial charge in [-0.1, -0.05) is 5.16 Å². The Kier molecular flexibility index (Phi) is 3.80. The molecule has 0 radical (unpaired) electrons. The van der Waals surface area contributed by atoms with Crippen LogP contribution in [0.15, 0.2) is 16.0 Å². The standard InChI is InChI=1S/C13H14N4O4S/c1-20-8-4-6-22-9(8)13(19)17-5-2-3-7(17)12-15-11(10(14)18)16-21-12/h4,6-7H,2-3,5H2,1H3,(H2,14,18). The van der Waals surface area contributed by atoms with Gasteiger partial charge in [-0.2, -0.15) is 4.98 Å². The van der Waals surface area contributed by atoms with Gasteiger partial charge in [0, 0.05) is 6.54 Å². The molecule has 3 rings (SSSR count). The van der Waals surface area contributed by atoms with Gasteiger partial charge in [0.2, 0.25) is 5.89 Å². The van der Waals surface area contributed by atoms with Gasteiger partial charge in [-0.3, -0.25) is 9.59 Å². The summed E-state index contributed by atoms with van der Waals surface area (Å²) < 4.78 is 10.3. The van der Waals surface area contributed by atoms with Crippen LogP contribution in [-0.2, 0) is 0 Å². The minimum absolute atomic E-state index is 0.145. The van der Waals surface area contributed by atoms with Crippen LogP contribution in [0.1, 0.15) is 45.1 Å². The van der Waals surface area contributed by atoms with Gasteiger partial charge in [-0.15, -0.1) is 11.3 Å². The molecule has 1 aliphatic rings. The second-order valence-electron chi connectivity index (χ2n) is 4.80. The number of hydrogen-bond acceptors (Lipinski definition) is 7. The maximum Gasteiger partial charge on any atom is 0.290 e. The fraction of sp³-hybridized carbons (Fsp3) is 0.385. The largest absolute Gasteiger partial charge is 0.495 e. The van der Waals surface area contributed by atoms with Crippen molar-refractivity contribution in [1.82, 2.24) is 15.0 Å². The first-order valence-electron chi connectivity index (χ1n) is 6.67. The lowest BCUT2D eigenvalue weighted by molar-refractivity contribution is 0.0711. The number of thiophene rings is 1. The molecule has 0 saturated carbocycles. The van der Waals surface area contributed by atoms with E-state index in [0.29, 0.717) is 23.6 Å². The second-order valence-corrected chi connectivity index (χ2v) is 5.71. The van der Waals surface area contributed by atoms with Crippen LogP contribution in [0.5, 0.6) is 5.75 Å². The molecule has 0 bridgehead atoms. The minimum Gasteiger partial charge on any atom is -0.495 e. The van der Waals surface area contributed by atoms with Crippen molar-refractivity contribution in [2.75, 3.05) is 13.7 Å². The molecule has 8 nitrogen and oxygen atoms in total. The molecule has 0 aromatic carbocycles.